The number of imidazole rings is 1. The van der Waals surface area contributed by atoms with E-state index in [0.29, 0.717) is 17.1 Å². The topological polar surface area (TPSA) is 99.2 Å². The summed E-state index contributed by atoms with van der Waals surface area (Å²) in [5.41, 5.74) is 1.20. The van der Waals surface area contributed by atoms with E-state index in [1.54, 1.807) is 18.5 Å². The summed E-state index contributed by atoms with van der Waals surface area (Å²) in [6.45, 7) is 0. The molecule has 0 saturated carbocycles. The number of amides is 1. The molecule has 23 heavy (non-hydrogen) atoms. The van der Waals surface area contributed by atoms with Gasteiger partial charge in [0.15, 0.2) is 10.8 Å². The van der Waals surface area contributed by atoms with Crippen LogP contribution in [0.2, 0.25) is 0 Å². The molecule has 0 radical (unpaired) electrons. The Balaban J connectivity index is 0.00000156. The molecule has 2 N–H and O–H groups in total. The number of hydrogen-bond donors (Lipinski definition) is 2. The Morgan fingerprint density at radius 2 is 2.30 bits per heavy atom. The fourth-order valence-corrected chi connectivity index (χ4v) is 3.99. The minimum absolute atomic E-state index is 0. The Morgan fingerprint density at radius 3 is 3.00 bits per heavy atom. The number of carbonyl (C=O) groups excluding carboxylic acids is 1. The average Bonchev–Trinajstić information content (AvgIpc) is 3.22. The van der Waals surface area contributed by atoms with Crippen molar-refractivity contribution in [3.05, 3.63) is 40.1 Å². The number of carboxylic acids is 1. The molecular formula is C13H9N4NaO3S2. The molecule has 1 fully saturated rings. The molecule has 112 valence electrons. The molecule has 10 heteroatoms. The maximum atomic E-state index is 12.1. The number of aromatic nitrogens is 3. The van der Waals surface area contributed by atoms with Gasteiger partial charge in [0.25, 0.3) is 5.91 Å². The first-order valence-electron chi connectivity index (χ1n) is 6.24. The Kier molecular flexibility index (Phi) is 4.47. The standard InChI is InChI=1S/C13H8N4O3S2.Na.H/c18-11-7(12-17(11)8(5-22-12)13(19)20)3-6-4-15-9(16-6)10-14-1-2-21-10;;/h1-5,12H,(H,15,16)(H,19,20);;. The number of H-pyrrole nitrogens is 1. The van der Waals surface area contributed by atoms with Gasteiger partial charge in [0.1, 0.15) is 11.1 Å². The molecule has 2 aromatic heterocycles. The van der Waals surface area contributed by atoms with Crippen molar-refractivity contribution in [2.75, 3.05) is 0 Å². The van der Waals surface area contributed by atoms with E-state index in [4.69, 9.17) is 5.11 Å². The Labute approximate surface area is 160 Å². The second-order valence-corrected chi connectivity index (χ2v) is 6.43. The molecule has 2 aliphatic heterocycles. The van der Waals surface area contributed by atoms with Crippen LogP contribution >= 0.6 is 23.1 Å². The third-order valence-electron chi connectivity index (χ3n) is 3.29. The molecule has 2 aliphatic rings. The van der Waals surface area contributed by atoms with Crippen LogP contribution < -0.4 is 0 Å². The van der Waals surface area contributed by atoms with E-state index in [1.807, 2.05) is 5.38 Å². The number of thiazole rings is 1. The molecule has 0 bridgehead atoms. The Hall–Kier alpha value is -1.39. The Morgan fingerprint density at radius 1 is 1.48 bits per heavy atom. The van der Waals surface area contributed by atoms with Gasteiger partial charge in [0.05, 0.1) is 11.3 Å². The van der Waals surface area contributed by atoms with Crippen LogP contribution in [-0.4, -0.2) is 71.8 Å². The number of carboxylic acid groups (broad SMARTS) is 1. The van der Waals surface area contributed by atoms with Crippen LogP contribution in [0.3, 0.4) is 0 Å². The van der Waals surface area contributed by atoms with Gasteiger partial charge in [-0.1, -0.05) is 0 Å². The van der Waals surface area contributed by atoms with Crippen molar-refractivity contribution in [1.82, 2.24) is 19.9 Å². The van der Waals surface area contributed by atoms with Crippen molar-refractivity contribution in [2.45, 2.75) is 5.37 Å². The summed E-state index contributed by atoms with van der Waals surface area (Å²) in [6, 6.07) is 0. The predicted molar refractivity (Wildman–Crippen MR) is 88.8 cm³/mol. The molecule has 1 atom stereocenters. The summed E-state index contributed by atoms with van der Waals surface area (Å²) in [4.78, 5) is 36.0. The van der Waals surface area contributed by atoms with Gasteiger partial charge in [-0.05, 0) is 6.08 Å². The first kappa shape index (κ1) is 16.5. The number of rotatable bonds is 3. The Bertz CT molecular complexity index is 843. The summed E-state index contributed by atoms with van der Waals surface area (Å²) in [6.07, 6.45) is 5.08. The minimum atomic E-state index is -1.09. The number of nitrogens with zero attached hydrogens (tertiary/aromatic N) is 3. The van der Waals surface area contributed by atoms with Crippen molar-refractivity contribution in [2.24, 2.45) is 0 Å². The molecule has 0 aliphatic carbocycles. The van der Waals surface area contributed by atoms with E-state index in [9.17, 15) is 9.59 Å². The summed E-state index contributed by atoms with van der Waals surface area (Å²) in [5, 5.41) is 12.9. The molecule has 0 spiro atoms. The monoisotopic (exact) mass is 356 g/mol. The molecular weight excluding hydrogens is 347 g/mol. The van der Waals surface area contributed by atoms with E-state index in [0.717, 1.165) is 5.01 Å². The van der Waals surface area contributed by atoms with Crippen molar-refractivity contribution >= 4 is 70.6 Å². The van der Waals surface area contributed by atoms with Gasteiger partial charge < -0.3 is 10.1 Å². The predicted octanol–water partition coefficient (Wildman–Crippen LogP) is 1.11. The van der Waals surface area contributed by atoms with E-state index < -0.39 is 5.97 Å². The third kappa shape index (κ3) is 2.68. The first-order valence-corrected chi connectivity index (χ1v) is 8.07. The fraction of sp³-hybridized carbons (Fsp3) is 0.0769. The number of β-lactam (4-membered cyclic amide) rings is 1. The number of fused-ring (bicyclic) bond motifs is 1. The number of thioether (sulfide) groups is 1. The van der Waals surface area contributed by atoms with Gasteiger partial charge in [0.2, 0.25) is 0 Å². The van der Waals surface area contributed by atoms with Gasteiger partial charge in [-0.15, -0.1) is 23.1 Å². The van der Waals surface area contributed by atoms with Gasteiger partial charge >= 0.3 is 35.5 Å². The van der Waals surface area contributed by atoms with Crippen molar-refractivity contribution in [3.63, 3.8) is 0 Å². The van der Waals surface area contributed by atoms with Crippen molar-refractivity contribution in [1.29, 1.82) is 0 Å². The van der Waals surface area contributed by atoms with E-state index in [1.165, 1.54) is 33.4 Å². The third-order valence-corrected chi connectivity index (χ3v) is 5.15. The first-order chi connectivity index (χ1) is 10.6. The van der Waals surface area contributed by atoms with Gasteiger partial charge in [-0.25, -0.2) is 14.8 Å². The second kappa shape index (κ2) is 6.25. The van der Waals surface area contributed by atoms with Crippen molar-refractivity contribution < 1.29 is 14.7 Å². The van der Waals surface area contributed by atoms with Crippen LogP contribution in [0.5, 0.6) is 0 Å². The summed E-state index contributed by atoms with van der Waals surface area (Å²) < 4.78 is 0. The van der Waals surface area contributed by atoms with E-state index in [-0.39, 0.29) is 46.5 Å². The summed E-state index contributed by atoms with van der Waals surface area (Å²) in [5.74, 6) is -0.732. The molecule has 7 nitrogen and oxygen atoms in total. The van der Waals surface area contributed by atoms with E-state index in [2.05, 4.69) is 15.0 Å². The van der Waals surface area contributed by atoms with Crippen molar-refractivity contribution in [3.8, 4) is 10.8 Å². The van der Waals surface area contributed by atoms with Gasteiger partial charge in [-0.2, -0.15) is 0 Å². The fourth-order valence-electron chi connectivity index (χ4n) is 2.29. The van der Waals surface area contributed by atoms with Crippen LogP contribution in [0, 0.1) is 0 Å². The number of nitrogens with one attached hydrogen (secondary N) is 1. The quantitative estimate of drug-likeness (QED) is 0.486. The van der Waals surface area contributed by atoms with Gasteiger partial charge in [-0.3, -0.25) is 9.69 Å². The average molecular weight is 356 g/mol. The molecule has 4 rings (SSSR count). The molecule has 2 aromatic rings. The number of hydrogen-bond acceptors (Lipinski definition) is 6. The zero-order valence-corrected chi connectivity index (χ0v) is 12.5. The molecule has 1 saturated heterocycles. The normalized spacial score (nSPS) is 20.8. The molecule has 0 aromatic carbocycles. The maximum absolute atomic E-state index is 12.1. The van der Waals surface area contributed by atoms with Crippen LogP contribution in [0.15, 0.2) is 34.5 Å². The SMILES string of the molecule is O=C(O)C1=CSC2C(=Cc3c[nH]c(-c4nccs4)n3)C(=O)N12.[NaH]. The van der Waals surface area contributed by atoms with Crippen LogP contribution in [0.25, 0.3) is 16.9 Å². The summed E-state index contributed by atoms with van der Waals surface area (Å²) in [7, 11) is 0. The summed E-state index contributed by atoms with van der Waals surface area (Å²) >= 11 is 2.78. The second-order valence-electron chi connectivity index (χ2n) is 4.58. The van der Waals surface area contributed by atoms with Gasteiger partial charge in [0, 0.05) is 23.2 Å². The molecule has 1 unspecified atom stereocenters. The number of aliphatic carboxylic acids is 1. The van der Waals surface area contributed by atoms with Crippen LogP contribution in [0.1, 0.15) is 5.69 Å². The molecule has 1 amide bonds. The van der Waals surface area contributed by atoms with Crippen LogP contribution in [0.4, 0.5) is 0 Å². The number of carbonyl (C=O) groups is 2. The zero-order valence-electron chi connectivity index (χ0n) is 10.9. The zero-order chi connectivity index (χ0) is 15.3. The van der Waals surface area contributed by atoms with Crippen LogP contribution in [-0.2, 0) is 9.59 Å². The number of aromatic amines is 1. The van der Waals surface area contributed by atoms with E-state index >= 15 is 0 Å². The molecule has 4 heterocycles.